The number of nitrogens with one attached hydrogen (secondary N) is 1. The van der Waals surface area contributed by atoms with E-state index in [4.69, 9.17) is 0 Å². The van der Waals surface area contributed by atoms with Gasteiger partial charge in [-0.3, -0.25) is 4.79 Å². The quantitative estimate of drug-likeness (QED) is 0.878. The zero-order valence-electron chi connectivity index (χ0n) is 11.7. The minimum absolute atomic E-state index is 0.0541. The number of hydrogen-bond donors (Lipinski definition) is 1. The first-order valence-corrected chi connectivity index (χ1v) is 7.19. The average Bonchev–Trinajstić information content (AvgIpc) is 2.98. The average molecular weight is 262 g/mol. The number of likely N-dealkylation sites (N-methyl/N-ethyl adjacent to an activating group) is 1. The van der Waals surface area contributed by atoms with Crippen molar-refractivity contribution >= 4 is 5.91 Å². The van der Waals surface area contributed by atoms with Gasteiger partial charge in [0.25, 0.3) is 0 Å². The molecule has 3 heterocycles. The first-order chi connectivity index (χ1) is 9.16. The molecule has 3 atom stereocenters. The summed E-state index contributed by atoms with van der Waals surface area (Å²) in [5.41, 5.74) is 1.17. The zero-order valence-corrected chi connectivity index (χ0v) is 11.7. The van der Waals surface area contributed by atoms with Gasteiger partial charge in [-0.1, -0.05) is 0 Å². The lowest BCUT2D eigenvalue weighted by atomic mass is 9.97. The topological polar surface area (TPSA) is 50.2 Å². The van der Waals surface area contributed by atoms with Crippen LogP contribution in [0.4, 0.5) is 0 Å². The Morgan fingerprint density at radius 3 is 2.89 bits per heavy atom. The third-order valence-corrected chi connectivity index (χ3v) is 4.40. The van der Waals surface area contributed by atoms with E-state index in [1.54, 1.807) is 0 Å². The molecule has 1 amide bonds. The number of hydrogen-bond acceptors (Lipinski definition) is 3. The van der Waals surface area contributed by atoms with E-state index in [-0.39, 0.29) is 11.9 Å². The van der Waals surface area contributed by atoms with Gasteiger partial charge in [-0.25, -0.2) is 4.98 Å². The summed E-state index contributed by atoms with van der Waals surface area (Å²) in [6.07, 6.45) is 8.23. The van der Waals surface area contributed by atoms with E-state index < -0.39 is 0 Å². The zero-order chi connectivity index (χ0) is 13.4. The molecule has 2 fully saturated rings. The maximum absolute atomic E-state index is 12.2. The summed E-state index contributed by atoms with van der Waals surface area (Å²) in [5.74, 6) is 0.211. The van der Waals surface area contributed by atoms with E-state index in [2.05, 4.69) is 21.8 Å². The number of rotatable bonds is 2. The summed E-state index contributed by atoms with van der Waals surface area (Å²) in [7, 11) is 1.87. The Morgan fingerprint density at radius 1 is 1.37 bits per heavy atom. The second kappa shape index (κ2) is 4.96. The Balaban J connectivity index is 1.84. The molecule has 0 aliphatic carbocycles. The van der Waals surface area contributed by atoms with Crippen LogP contribution in [0, 0.1) is 0 Å². The second-order valence-corrected chi connectivity index (χ2v) is 5.84. The van der Waals surface area contributed by atoms with Crippen LogP contribution in [-0.4, -0.2) is 40.0 Å². The van der Waals surface area contributed by atoms with Crippen LogP contribution in [0.25, 0.3) is 0 Å². The van der Waals surface area contributed by atoms with Crippen LogP contribution in [0.2, 0.25) is 0 Å². The molecule has 2 aliphatic rings. The molecule has 0 saturated carbocycles. The normalized spacial score (nSPS) is 32.0. The smallest absolute Gasteiger partial charge is 0.245 e. The highest BCUT2D eigenvalue weighted by atomic mass is 16.2. The molecule has 1 aromatic heterocycles. The van der Waals surface area contributed by atoms with Crippen molar-refractivity contribution in [3.63, 3.8) is 0 Å². The van der Waals surface area contributed by atoms with Crippen molar-refractivity contribution in [2.75, 3.05) is 13.6 Å². The molecule has 104 valence electrons. The molecule has 3 rings (SSSR count). The van der Waals surface area contributed by atoms with Crippen LogP contribution in [0.5, 0.6) is 0 Å². The van der Waals surface area contributed by atoms with Crippen molar-refractivity contribution in [2.24, 2.45) is 0 Å². The number of aromatic nitrogens is 2. The molecule has 3 unspecified atom stereocenters. The number of amides is 1. The second-order valence-electron chi connectivity index (χ2n) is 5.84. The van der Waals surface area contributed by atoms with Crippen molar-refractivity contribution in [3.05, 3.63) is 18.2 Å². The van der Waals surface area contributed by atoms with Gasteiger partial charge in [0.15, 0.2) is 0 Å². The Morgan fingerprint density at radius 2 is 2.21 bits per heavy atom. The summed E-state index contributed by atoms with van der Waals surface area (Å²) in [4.78, 5) is 18.2. The fraction of sp³-hybridized carbons (Fsp3) is 0.714. The summed E-state index contributed by atoms with van der Waals surface area (Å²) in [5, 5.41) is 3.62. The minimum Gasteiger partial charge on any atom is -0.344 e. The fourth-order valence-corrected chi connectivity index (χ4v) is 3.28. The van der Waals surface area contributed by atoms with Crippen LogP contribution >= 0.6 is 0 Å². The molecule has 0 aromatic carbocycles. The van der Waals surface area contributed by atoms with Gasteiger partial charge in [-0.15, -0.1) is 0 Å². The third kappa shape index (κ3) is 2.27. The molecule has 0 spiro atoms. The number of piperidine rings is 1. The molecule has 19 heavy (non-hydrogen) atoms. The van der Waals surface area contributed by atoms with Crippen LogP contribution in [-0.2, 0) is 4.79 Å². The Labute approximate surface area is 114 Å². The highest BCUT2D eigenvalue weighted by Gasteiger charge is 2.33. The summed E-state index contributed by atoms with van der Waals surface area (Å²) >= 11 is 0. The van der Waals surface area contributed by atoms with Crippen LogP contribution in [0.15, 0.2) is 12.5 Å². The van der Waals surface area contributed by atoms with Crippen LogP contribution in [0.1, 0.15) is 50.4 Å². The van der Waals surface area contributed by atoms with E-state index in [0.29, 0.717) is 12.1 Å². The lowest BCUT2D eigenvalue weighted by Crippen LogP contribution is -2.36. The van der Waals surface area contributed by atoms with E-state index in [1.807, 2.05) is 24.5 Å². The van der Waals surface area contributed by atoms with Crippen LogP contribution in [0.3, 0.4) is 0 Å². The Hall–Kier alpha value is -1.36. The predicted octanol–water partition coefficient (Wildman–Crippen LogP) is 1.49. The Bertz CT molecular complexity index is 470. The molecule has 0 radical (unpaired) electrons. The molecule has 2 aliphatic heterocycles. The van der Waals surface area contributed by atoms with E-state index in [0.717, 1.165) is 19.4 Å². The van der Waals surface area contributed by atoms with Crippen molar-refractivity contribution in [1.82, 2.24) is 19.8 Å². The number of carbonyl (C=O) groups is 1. The summed E-state index contributed by atoms with van der Waals surface area (Å²) < 4.78 is 2.08. The summed E-state index contributed by atoms with van der Waals surface area (Å²) in [6, 6.07) is 0.829. The Kier molecular flexibility index (Phi) is 3.31. The lowest BCUT2D eigenvalue weighted by Gasteiger charge is -2.30. The fourth-order valence-electron chi connectivity index (χ4n) is 3.28. The van der Waals surface area contributed by atoms with Crippen molar-refractivity contribution in [3.8, 4) is 0 Å². The van der Waals surface area contributed by atoms with Gasteiger partial charge >= 0.3 is 0 Å². The number of nitrogens with zero attached hydrogens (tertiary/aromatic N) is 3. The molecule has 0 bridgehead atoms. The SMILES string of the molecule is CC1CCCC(c2cncn2C2CCN(C)C2=O)N1. The first-order valence-electron chi connectivity index (χ1n) is 7.19. The first kappa shape index (κ1) is 12.7. The van der Waals surface area contributed by atoms with Gasteiger partial charge in [0.1, 0.15) is 6.04 Å². The lowest BCUT2D eigenvalue weighted by molar-refractivity contribution is -0.129. The minimum atomic E-state index is -0.0541. The van der Waals surface area contributed by atoms with E-state index in [1.165, 1.54) is 18.5 Å². The highest BCUT2D eigenvalue weighted by Crippen LogP contribution is 2.30. The van der Waals surface area contributed by atoms with E-state index in [9.17, 15) is 4.79 Å². The monoisotopic (exact) mass is 262 g/mol. The van der Waals surface area contributed by atoms with Gasteiger partial charge in [0.2, 0.25) is 5.91 Å². The molecular weight excluding hydrogens is 240 g/mol. The van der Waals surface area contributed by atoms with Crippen molar-refractivity contribution in [1.29, 1.82) is 0 Å². The molecule has 5 heteroatoms. The third-order valence-electron chi connectivity index (χ3n) is 4.40. The maximum atomic E-state index is 12.2. The maximum Gasteiger partial charge on any atom is 0.245 e. The summed E-state index contributed by atoms with van der Waals surface area (Å²) in [6.45, 7) is 3.07. The standard InChI is InChI=1S/C14H22N4O/c1-10-4-3-5-11(16-10)13-8-15-9-18(13)12-6-7-17(2)14(12)19/h8-12,16H,3-7H2,1-2H3. The number of likely N-dealkylation sites (tertiary alicyclic amines) is 1. The molecule has 5 nitrogen and oxygen atoms in total. The molecular formula is C14H22N4O. The van der Waals surface area contributed by atoms with Crippen molar-refractivity contribution < 1.29 is 4.79 Å². The van der Waals surface area contributed by atoms with Crippen molar-refractivity contribution in [2.45, 2.75) is 50.7 Å². The van der Waals surface area contributed by atoms with Gasteiger partial charge in [-0.2, -0.15) is 0 Å². The molecule has 2 saturated heterocycles. The molecule has 1 N–H and O–H groups in total. The highest BCUT2D eigenvalue weighted by molar-refractivity contribution is 5.82. The number of imidazole rings is 1. The van der Waals surface area contributed by atoms with Gasteiger partial charge in [0, 0.05) is 31.9 Å². The van der Waals surface area contributed by atoms with E-state index >= 15 is 0 Å². The van der Waals surface area contributed by atoms with Gasteiger partial charge < -0.3 is 14.8 Å². The predicted molar refractivity (Wildman–Crippen MR) is 72.7 cm³/mol. The largest absolute Gasteiger partial charge is 0.344 e. The van der Waals surface area contributed by atoms with Gasteiger partial charge in [0.05, 0.1) is 12.0 Å². The molecule has 1 aromatic rings. The van der Waals surface area contributed by atoms with Gasteiger partial charge in [-0.05, 0) is 32.6 Å². The van der Waals surface area contributed by atoms with Crippen LogP contribution < -0.4 is 5.32 Å². The number of carbonyl (C=O) groups excluding carboxylic acids is 1.